The van der Waals surface area contributed by atoms with Gasteiger partial charge >= 0.3 is 0 Å². The summed E-state index contributed by atoms with van der Waals surface area (Å²) in [4.78, 5) is 21.1. The summed E-state index contributed by atoms with van der Waals surface area (Å²) in [5.41, 5.74) is 3.71. The fraction of sp³-hybridized carbons (Fsp3) is 0.0526. The van der Waals surface area contributed by atoms with Crippen LogP contribution in [0.4, 0.5) is 5.13 Å². The third kappa shape index (κ3) is 3.74. The lowest BCUT2D eigenvalue weighted by Crippen LogP contribution is -2.15. The Kier molecular flexibility index (Phi) is 4.70. The molecule has 1 amide bonds. The first-order valence-corrected chi connectivity index (χ1v) is 9.33. The number of carbonyl (C=O) groups excluding carboxylic acids is 1. The zero-order chi connectivity index (χ0) is 18.8. The van der Waals surface area contributed by atoms with E-state index >= 15 is 0 Å². The largest absolute Gasteiger partial charge is 0.296 e. The van der Waals surface area contributed by atoms with Crippen LogP contribution in [0.2, 0.25) is 5.02 Å². The molecule has 0 aliphatic rings. The van der Waals surface area contributed by atoms with E-state index < -0.39 is 0 Å². The Labute approximate surface area is 164 Å². The lowest BCUT2D eigenvalue weighted by atomic mass is 10.1. The van der Waals surface area contributed by atoms with Crippen molar-refractivity contribution >= 4 is 34.0 Å². The van der Waals surface area contributed by atoms with Gasteiger partial charge in [0.25, 0.3) is 5.91 Å². The van der Waals surface area contributed by atoms with Crippen LogP contribution >= 0.6 is 22.9 Å². The van der Waals surface area contributed by atoms with Gasteiger partial charge in [-0.1, -0.05) is 23.7 Å². The number of nitrogens with one attached hydrogen (secondary N) is 1. The average Bonchev–Trinajstić information content (AvgIpc) is 3.29. The number of benzene rings is 1. The topological polar surface area (TPSA) is 72.7 Å². The van der Waals surface area contributed by atoms with Crippen molar-refractivity contribution in [1.82, 2.24) is 19.7 Å². The van der Waals surface area contributed by atoms with Gasteiger partial charge in [0.15, 0.2) is 5.13 Å². The van der Waals surface area contributed by atoms with E-state index in [9.17, 15) is 4.79 Å². The fourth-order valence-electron chi connectivity index (χ4n) is 2.62. The standard InChI is InChI=1S/C19H14ClN5OS/c1-25-17(10-15(24-25)13-3-2-4-14(20)9-13)18(26)23-19-22-16(11-27-19)12-5-7-21-8-6-12/h2-11H,1H3,(H,22,23,26). The zero-order valence-corrected chi connectivity index (χ0v) is 15.8. The summed E-state index contributed by atoms with van der Waals surface area (Å²) in [6.07, 6.45) is 3.42. The molecule has 3 heterocycles. The first-order valence-electron chi connectivity index (χ1n) is 8.07. The van der Waals surface area contributed by atoms with Crippen molar-refractivity contribution in [1.29, 1.82) is 0 Å². The van der Waals surface area contributed by atoms with Crippen molar-refractivity contribution in [2.24, 2.45) is 7.05 Å². The minimum Gasteiger partial charge on any atom is -0.296 e. The molecule has 4 aromatic rings. The zero-order valence-electron chi connectivity index (χ0n) is 14.3. The molecule has 3 aromatic heterocycles. The van der Waals surface area contributed by atoms with Crippen molar-refractivity contribution in [2.75, 3.05) is 5.32 Å². The molecule has 0 fully saturated rings. The van der Waals surface area contributed by atoms with Crippen LogP contribution in [0.5, 0.6) is 0 Å². The predicted molar refractivity (Wildman–Crippen MR) is 107 cm³/mol. The van der Waals surface area contributed by atoms with Crippen molar-refractivity contribution in [3.8, 4) is 22.5 Å². The van der Waals surface area contributed by atoms with E-state index in [0.717, 1.165) is 16.8 Å². The molecule has 0 radical (unpaired) electrons. The molecule has 4 rings (SSSR count). The van der Waals surface area contributed by atoms with Crippen molar-refractivity contribution in [3.63, 3.8) is 0 Å². The summed E-state index contributed by atoms with van der Waals surface area (Å²) in [5.74, 6) is -0.270. The van der Waals surface area contributed by atoms with Crippen LogP contribution in [0.15, 0.2) is 60.2 Å². The van der Waals surface area contributed by atoms with Crippen LogP contribution in [0.3, 0.4) is 0 Å². The lowest BCUT2D eigenvalue weighted by Gasteiger charge is -2.01. The van der Waals surface area contributed by atoms with E-state index in [1.807, 2.05) is 35.7 Å². The summed E-state index contributed by atoms with van der Waals surface area (Å²) in [7, 11) is 1.73. The lowest BCUT2D eigenvalue weighted by molar-refractivity contribution is 0.101. The molecule has 0 unspecified atom stereocenters. The molecule has 0 saturated heterocycles. The van der Waals surface area contributed by atoms with E-state index in [1.54, 1.807) is 36.3 Å². The maximum atomic E-state index is 12.7. The Morgan fingerprint density at radius 3 is 2.70 bits per heavy atom. The molecular formula is C19H14ClN5OS. The second kappa shape index (κ2) is 7.30. The third-order valence-electron chi connectivity index (χ3n) is 3.93. The van der Waals surface area contributed by atoms with Gasteiger partial charge in [0.05, 0.1) is 11.4 Å². The molecule has 0 atom stereocenters. The Morgan fingerprint density at radius 1 is 1.11 bits per heavy atom. The number of nitrogens with zero attached hydrogens (tertiary/aromatic N) is 4. The summed E-state index contributed by atoms with van der Waals surface area (Å²) in [5, 5.41) is 10.3. The van der Waals surface area contributed by atoms with Crippen LogP contribution in [0.25, 0.3) is 22.5 Å². The molecule has 0 bridgehead atoms. The molecule has 0 aliphatic carbocycles. The smallest absolute Gasteiger partial charge is 0.275 e. The first kappa shape index (κ1) is 17.4. The van der Waals surface area contributed by atoms with Crippen LogP contribution in [-0.2, 0) is 7.05 Å². The number of pyridine rings is 1. The second-order valence-electron chi connectivity index (χ2n) is 5.78. The van der Waals surface area contributed by atoms with Crippen molar-refractivity contribution in [2.45, 2.75) is 0 Å². The van der Waals surface area contributed by atoms with Gasteiger partial charge in [-0.2, -0.15) is 5.10 Å². The number of hydrogen-bond acceptors (Lipinski definition) is 5. The Morgan fingerprint density at radius 2 is 1.93 bits per heavy atom. The van der Waals surface area contributed by atoms with Gasteiger partial charge in [-0.15, -0.1) is 11.3 Å². The maximum Gasteiger partial charge on any atom is 0.275 e. The predicted octanol–water partition coefficient (Wildman–Crippen LogP) is 4.51. The van der Waals surface area contributed by atoms with Gasteiger partial charge in [0.2, 0.25) is 0 Å². The minimum absolute atomic E-state index is 0.270. The number of aryl methyl sites for hydroxylation is 1. The number of anilines is 1. The van der Waals surface area contributed by atoms with E-state index in [2.05, 4.69) is 20.4 Å². The highest BCUT2D eigenvalue weighted by Crippen LogP contribution is 2.26. The highest BCUT2D eigenvalue weighted by Gasteiger charge is 2.16. The molecule has 0 saturated carbocycles. The molecule has 0 aliphatic heterocycles. The summed E-state index contributed by atoms with van der Waals surface area (Å²) in [6.45, 7) is 0. The van der Waals surface area contributed by atoms with Crippen LogP contribution < -0.4 is 5.32 Å². The van der Waals surface area contributed by atoms with E-state index in [4.69, 9.17) is 11.6 Å². The first-order chi connectivity index (χ1) is 13.1. The molecule has 8 heteroatoms. The highest BCUT2D eigenvalue weighted by molar-refractivity contribution is 7.14. The van der Waals surface area contributed by atoms with E-state index in [-0.39, 0.29) is 5.91 Å². The fourth-order valence-corrected chi connectivity index (χ4v) is 3.52. The van der Waals surface area contributed by atoms with Gasteiger partial charge in [0, 0.05) is 41.0 Å². The van der Waals surface area contributed by atoms with Crippen molar-refractivity contribution in [3.05, 3.63) is 71.0 Å². The van der Waals surface area contributed by atoms with Gasteiger partial charge in [-0.3, -0.25) is 19.8 Å². The normalized spacial score (nSPS) is 10.7. The number of hydrogen-bond donors (Lipinski definition) is 1. The van der Waals surface area contributed by atoms with Gasteiger partial charge in [-0.25, -0.2) is 4.98 Å². The molecule has 134 valence electrons. The monoisotopic (exact) mass is 395 g/mol. The molecule has 1 N–H and O–H groups in total. The molecule has 0 spiro atoms. The minimum atomic E-state index is -0.270. The number of aromatic nitrogens is 4. The van der Waals surface area contributed by atoms with Crippen LogP contribution in [0.1, 0.15) is 10.5 Å². The highest BCUT2D eigenvalue weighted by atomic mass is 35.5. The maximum absolute atomic E-state index is 12.7. The van der Waals surface area contributed by atoms with E-state index in [0.29, 0.717) is 21.5 Å². The molecule has 1 aromatic carbocycles. The number of halogens is 1. The molecule has 6 nitrogen and oxygen atoms in total. The Hall–Kier alpha value is -3.03. The summed E-state index contributed by atoms with van der Waals surface area (Å²) < 4.78 is 1.54. The van der Waals surface area contributed by atoms with Gasteiger partial charge in [0.1, 0.15) is 5.69 Å². The molecule has 27 heavy (non-hydrogen) atoms. The quantitative estimate of drug-likeness (QED) is 0.551. The van der Waals surface area contributed by atoms with Crippen LogP contribution in [0, 0.1) is 0 Å². The average molecular weight is 396 g/mol. The number of carbonyl (C=O) groups is 1. The van der Waals surface area contributed by atoms with E-state index in [1.165, 1.54) is 11.3 Å². The number of rotatable bonds is 4. The Balaban J connectivity index is 1.55. The second-order valence-corrected chi connectivity index (χ2v) is 7.07. The van der Waals surface area contributed by atoms with Gasteiger partial charge in [-0.05, 0) is 30.3 Å². The van der Waals surface area contributed by atoms with Crippen molar-refractivity contribution < 1.29 is 4.79 Å². The van der Waals surface area contributed by atoms with Gasteiger partial charge < -0.3 is 0 Å². The van der Waals surface area contributed by atoms with Crippen LogP contribution in [-0.4, -0.2) is 25.7 Å². The summed E-state index contributed by atoms with van der Waals surface area (Å²) in [6, 6.07) is 12.8. The molecular weight excluding hydrogens is 382 g/mol. The third-order valence-corrected chi connectivity index (χ3v) is 4.93. The summed E-state index contributed by atoms with van der Waals surface area (Å²) >= 11 is 7.41. The Bertz CT molecular complexity index is 1110. The number of amides is 1. The number of thiazole rings is 1. The SMILES string of the molecule is Cn1nc(-c2cccc(Cl)c2)cc1C(=O)Nc1nc(-c2ccncc2)cs1.